The van der Waals surface area contributed by atoms with E-state index in [9.17, 15) is 15.3 Å². The van der Waals surface area contributed by atoms with Crippen LogP contribution in [-0.4, -0.2) is 58.6 Å². The number of aliphatic hydroxyl groups is 3. The van der Waals surface area contributed by atoms with Crippen LogP contribution in [0.15, 0.2) is 6.07 Å². The van der Waals surface area contributed by atoms with Crippen molar-refractivity contribution in [3.8, 4) is 17.2 Å². The first-order chi connectivity index (χ1) is 11.5. The van der Waals surface area contributed by atoms with Crippen LogP contribution < -0.4 is 14.2 Å². The molecule has 1 aromatic carbocycles. The summed E-state index contributed by atoms with van der Waals surface area (Å²) >= 11 is 0. The van der Waals surface area contributed by atoms with Gasteiger partial charge < -0.3 is 29.5 Å². The minimum atomic E-state index is -1.16. The van der Waals surface area contributed by atoms with E-state index in [1.54, 1.807) is 7.11 Å². The van der Waals surface area contributed by atoms with Crippen molar-refractivity contribution in [1.82, 2.24) is 4.90 Å². The molecule has 1 unspecified atom stereocenters. The fourth-order valence-corrected chi connectivity index (χ4v) is 5.31. The van der Waals surface area contributed by atoms with E-state index >= 15 is 0 Å². The molecular weight excluding hydrogens is 314 g/mol. The molecule has 3 heterocycles. The van der Waals surface area contributed by atoms with Crippen LogP contribution in [0.1, 0.15) is 30.4 Å². The van der Waals surface area contributed by atoms with Crippen LogP contribution >= 0.6 is 0 Å². The number of methoxy groups -OCH3 is 1. The average molecular weight is 335 g/mol. The first-order valence-electron chi connectivity index (χ1n) is 8.36. The van der Waals surface area contributed by atoms with Gasteiger partial charge in [-0.1, -0.05) is 0 Å². The third kappa shape index (κ3) is 1.44. The van der Waals surface area contributed by atoms with Crippen LogP contribution in [0.5, 0.6) is 17.2 Å². The van der Waals surface area contributed by atoms with Gasteiger partial charge in [0, 0.05) is 18.7 Å². The highest BCUT2D eigenvalue weighted by Crippen LogP contribution is 2.62. The van der Waals surface area contributed by atoms with E-state index in [-0.39, 0.29) is 6.79 Å². The van der Waals surface area contributed by atoms with Gasteiger partial charge in [0.25, 0.3) is 0 Å². The van der Waals surface area contributed by atoms with E-state index < -0.39 is 23.3 Å². The molecule has 1 aromatic rings. The summed E-state index contributed by atoms with van der Waals surface area (Å²) in [6, 6.07) is 1.86. The Bertz CT molecular complexity index is 724. The van der Waals surface area contributed by atoms with Gasteiger partial charge in [-0.3, -0.25) is 4.90 Å². The Hall–Kier alpha value is -1.54. The molecule has 0 spiro atoms. The molecule has 1 saturated carbocycles. The normalized spacial score (nSPS) is 41.8. The van der Waals surface area contributed by atoms with Crippen molar-refractivity contribution in [1.29, 1.82) is 0 Å². The largest absolute Gasteiger partial charge is 0.492 e. The Morgan fingerprint density at radius 3 is 2.92 bits per heavy atom. The topological polar surface area (TPSA) is 91.6 Å². The molecule has 5 rings (SSSR count). The lowest BCUT2D eigenvalue weighted by Crippen LogP contribution is -2.68. The first kappa shape index (κ1) is 14.8. The van der Waals surface area contributed by atoms with Gasteiger partial charge in [0.05, 0.1) is 24.7 Å². The molecule has 4 aliphatic rings. The Labute approximate surface area is 139 Å². The van der Waals surface area contributed by atoms with Crippen molar-refractivity contribution in [2.45, 2.75) is 49.2 Å². The molecule has 2 bridgehead atoms. The molecule has 0 amide bonds. The second-order valence-electron chi connectivity index (χ2n) is 7.18. The molecule has 0 aromatic heterocycles. The smallest absolute Gasteiger partial charge is 0.231 e. The molecule has 24 heavy (non-hydrogen) atoms. The third-order valence-electron chi connectivity index (χ3n) is 6.43. The number of hydrogen-bond donors (Lipinski definition) is 3. The summed E-state index contributed by atoms with van der Waals surface area (Å²) in [5.41, 5.74) is -0.382. The number of rotatable bonds is 1. The van der Waals surface area contributed by atoms with Gasteiger partial charge >= 0.3 is 0 Å². The van der Waals surface area contributed by atoms with Gasteiger partial charge in [0.2, 0.25) is 12.5 Å². The lowest BCUT2D eigenvalue weighted by atomic mass is 9.59. The highest BCUT2D eigenvalue weighted by molar-refractivity contribution is 5.64. The molecule has 1 aliphatic carbocycles. The SMILES string of the molecule is COc1c2c(cc3c1OCO3)[C@@]13CCN(C2)[C@]1(O)CC[C@H](O)[C@@H]3O. The maximum Gasteiger partial charge on any atom is 0.231 e. The summed E-state index contributed by atoms with van der Waals surface area (Å²) in [6.45, 7) is 1.31. The van der Waals surface area contributed by atoms with Gasteiger partial charge in [0.1, 0.15) is 5.72 Å². The summed E-state index contributed by atoms with van der Waals surface area (Å²) in [6.07, 6.45) is -0.496. The van der Waals surface area contributed by atoms with E-state index in [0.717, 1.165) is 11.1 Å². The summed E-state index contributed by atoms with van der Waals surface area (Å²) in [7, 11) is 1.58. The zero-order valence-electron chi connectivity index (χ0n) is 13.5. The number of aliphatic hydroxyl groups excluding tert-OH is 2. The predicted octanol–water partition coefficient (Wildman–Crippen LogP) is 0.0852. The number of hydrogen-bond acceptors (Lipinski definition) is 7. The molecule has 7 heteroatoms. The van der Waals surface area contributed by atoms with Gasteiger partial charge in [-0.25, -0.2) is 0 Å². The zero-order chi connectivity index (χ0) is 16.7. The summed E-state index contributed by atoms with van der Waals surface area (Å²) in [5, 5.41) is 32.7. The number of nitrogens with zero attached hydrogens (tertiary/aromatic N) is 1. The summed E-state index contributed by atoms with van der Waals surface area (Å²) < 4.78 is 16.7. The quantitative estimate of drug-likeness (QED) is 0.670. The second-order valence-corrected chi connectivity index (χ2v) is 7.18. The molecule has 5 atom stereocenters. The predicted molar refractivity (Wildman–Crippen MR) is 82.0 cm³/mol. The van der Waals surface area contributed by atoms with E-state index in [1.165, 1.54) is 0 Å². The Balaban J connectivity index is 1.81. The maximum atomic E-state index is 11.5. The van der Waals surface area contributed by atoms with Crippen molar-refractivity contribution >= 4 is 0 Å². The fourth-order valence-electron chi connectivity index (χ4n) is 5.31. The van der Waals surface area contributed by atoms with Crippen molar-refractivity contribution < 1.29 is 29.5 Å². The maximum absolute atomic E-state index is 11.5. The van der Waals surface area contributed by atoms with Crippen LogP contribution in [0.3, 0.4) is 0 Å². The average Bonchev–Trinajstić information content (AvgIpc) is 3.10. The molecule has 3 aliphatic heterocycles. The van der Waals surface area contributed by atoms with Gasteiger partial charge in [0.15, 0.2) is 11.5 Å². The highest BCUT2D eigenvalue weighted by Gasteiger charge is 2.69. The molecule has 7 nitrogen and oxygen atoms in total. The Morgan fingerprint density at radius 1 is 1.29 bits per heavy atom. The molecule has 3 N–H and O–H groups in total. The molecule has 130 valence electrons. The number of fused-ring (bicyclic) bond motifs is 2. The fraction of sp³-hybridized carbons (Fsp3) is 0.647. The minimum Gasteiger partial charge on any atom is -0.492 e. The molecule has 0 radical (unpaired) electrons. The standard InChI is InChI=1S/C17H21NO6/c1-22-13-9-7-18-5-4-16(10(9)6-12-14(13)24-8-23-12)15(20)11(19)2-3-17(16,18)21/h6,11,15,19-21H,2-5,7-8H2,1H3/t11-,15-,16+,17-/m0/s1. The van der Waals surface area contributed by atoms with Crippen molar-refractivity contribution in [3.63, 3.8) is 0 Å². The van der Waals surface area contributed by atoms with Crippen LogP contribution in [0.25, 0.3) is 0 Å². The molecule has 1 saturated heterocycles. The minimum absolute atomic E-state index is 0.126. The van der Waals surface area contributed by atoms with Crippen LogP contribution in [0.2, 0.25) is 0 Å². The number of ether oxygens (including phenoxy) is 3. The van der Waals surface area contributed by atoms with Crippen molar-refractivity contribution in [2.75, 3.05) is 20.4 Å². The van der Waals surface area contributed by atoms with Gasteiger partial charge in [-0.2, -0.15) is 0 Å². The highest BCUT2D eigenvalue weighted by atomic mass is 16.7. The Morgan fingerprint density at radius 2 is 2.12 bits per heavy atom. The van der Waals surface area contributed by atoms with E-state index in [4.69, 9.17) is 14.2 Å². The summed E-state index contributed by atoms with van der Waals surface area (Å²) in [5.74, 6) is 1.74. The lowest BCUT2D eigenvalue weighted by molar-refractivity contribution is -0.214. The van der Waals surface area contributed by atoms with Crippen molar-refractivity contribution in [2.24, 2.45) is 0 Å². The third-order valence-corrected chi connectivity index (χ3v) is 6.43. The van der Waals surface area contributed by atoms with Crippen LogP contribution in [0, 0.1) is 0 Å². The first-order valence-corrected chi connectivity index (χ1v) is 8.36. The van der Waals surface area contributed by atoms with Gasteiger partial charge in [-0.05, 0) is 30.9 Å². The second kappa shape index (κ2) is 4.54. The van der Waals surface area contributed by atoms with Crippen LogP contribution in [0.4, 0.5) is 0 Å². The van der Waals surface area contributed by atoms with Gasteiger partial charge in [-0.15, -0.1) is 0 Å². The van der Waals surface area contributed by atoms with E-state index in [2.05, 4.69) is 0 Å². The van der Waals surface area contributed by atoms with E-state index in [1.807, 2.05) is 11.0 Å². The van der Waals surface area contributed by atoms with Crippen molar-refractivity contribution in [3.05, 3.63) is 17.2 Å². The monoisotopic (exact) mass is 335 g/mol. The zero-order valence-corrected chi connectivity index (χ0v) is 13.5. The van der Waals surface area contributed by atoms with Crippen LogP contribution in [-0.2, 0) is 12.0 Å². The van der Waals surface area contributed by atoms with E-state index in [0.29, 0.717) is 49.6 Å². The summed E-state index contributed by atoms with van der Waals surface area (Å²) in [4.78, 5) is 2.00. The Kier molecular flexibility index (Phi) is 2.80. The lowest BCUT2D eigenvalue weighted by Gasteiger charge is -2.56. The number of benzene rings is 1. The molecular formula is C17H21NO6. The molecule has 2 fully saturated rings.